The molecule has 2 amide bonds. The third-order valence-corrected chi connectivity index (χ3v) is 4.32. The molecule has 7 heteroatoms. The lowest BCUT2D eigenvalue weighted by atomic mass is 10.3. The second-order valence-electron chi connectivity index (χ2n) is 5.00. The number of anilines is 1. The summed E-state index contributed by atoms with van der Waals surface area (Å²) in [5.74, 6) is 0.714. The van der Waals surface area contributed by atoms with E-state index in [2.05, 4.69) is 25.6 Å². The first-order valence-corrected chi connectivity index (χ1v) is 8.94. The Kier molecular flexibility index (Phi) is 5.25. The van der Waals surface area contributed by atoms with Gasteiger partial charge in [0.1, 0.15) is 5.82 Å². The van der Waals surface area contributed by atoms with Crippen molar-refractivity contribution in [1.29, 1.82) is 0 Å². The number of amides is 2. The Labute approximate surface area is 149 Å². The normalized spacial score (nSPS) is 10.3. The first-order chi connectivity index (χ1) is 12.3. The van der Waals surface area contributed by atoms with Gasteiger partial charge in [-0.1, -0.05) is 49.4 Å². The van der Waals surface area contributed by atoms with E-state index in [0.29, 0.717) is 17.5 Å². The van der Waals surface area contributed by atoms with Crippen molar-refractivity contribution in [2.45, 2.75) is 20.4 Å². The summed E-state index contributed by atoms with van der Waals surface area (Å²) in [5, 5.41) is 6.10. The number of aromatic nitrogens is 3. The lowest BCUT2D eigenvalue weighted by Gasteiger charge is -2.02. The predicted molar refractivity (Wildman–Crippen MR) is 103 cm³/mol. The molecule has 3 N–H and O–H groups in total. The number of hydrogen-bond acceptors (Lipinski definition) is 4. The van der Waals surface area contributed by atoms with E-state index < -0.39 is 0 Å². The number of benzene rings is 2. The van der Waals surface area contributed by atoms with Gasteiger partial charge in [0, 0.05) is 0 Å². The first kappa shape index (κ1) is 16.9. The fraction of sp³-hybridized carbons (Fsp3) is 0.167. The first-order valence-electron chi connectivity index (χ1n) is 8.12. The van der Waals surface area contributed by atoms with E-state index in [0.717, 1.165) is 21.3 Å². The Morgan fingerprint density at radius 3 is 2.52 bits per heavy atom. The average molecular weight is 353 g/mol. The molecule has 2 aromatic carbocycles. The molecule has 6 nitrogen and oxygen atoms in total. The standard InChI is InChI=1S/C16H13N5OS.C2H6/c22-15(21-16-20-12-7-3-4-8-13(12)23-16)17-9-14-18-10-5-1-2-6-11(10)19-14;1-2/h1-8H,9H2,(H,18,19)(H2,17,20,21,22);1-2H3. The lowest BCUT2D eigenvalue weighted by molar-refractivity contribution is 0.251. The zero-order valence-electron chi connectivity index (χ0n) is 14.0. The highest BCUT2D eigenvalue weighted by Crippen LogP contribution is 2.25. The highest BCUT2D eigenvalue weighted by molar-refractivity contribution is 7.22. The Bertz CT molecular complexity index is 925. The van der Waals surface area contributed by atoms with Crippen molar-refractivity contribution in [3.63, 3.8) is 0 Å². The van der Waals surface area contributed by atoms with Crippen molar-refractivity contribution in [3.05, 3.63) is 54.4 Å². The molecule has 128 valence electrons. The van der Waals surface area contributed by atoms with E-state index in [9.17, 15) is 4.79 Å². The third kappa shape index (κ3) is 3.95. The number of rotatable bonds is 3. The van der Waals surface area contributed by atoms with E-state index in [-0.39, 0.29) is 6.03 Å². The highest BCUT2D eigenvalue weighted by Gasteiger charge is 2.08. The highest BCUT2D eigenvalue weighted by atomic mass is 32.1. The van der Waals surface area contributed by atoms with Crippen LogP contribution in [0.5, 0.6) is 0 Å². The summed E-state index contributed by atoms with van der Waals surface area (Å²) in [7, 11) is 0. The van der Waals surface area contributed by atoms with Gasteiger partial charge in [-0.2, -0.15) is 0 Å². The molecule has 0 spiro atoms. The summed E-state index contributed by atoms with van der Waals surface area (Å²) in [6.45, 7) is 4.32. The van der Waals surface area contributed by atoms with Gasteiger partial charge in [-0.05, 0) is 24.3 Å². The van der Waals surface area contributed by atoms with Gasteiger partial charge in [0.05, 0.1) is 27.8 Å². The zero-order valence-corrected chi connectivity index (χ0v) is 14.9. The van der Waals surface area contributed by atoms with Gasteiger partial charge in [0.25, 0.3) is 0 Å². The van der Waals surface area contributed by atoms with Gasteiger partial charge in [0.2, 0.25) is 0 Å². The summed E-state index contributed by atoms with van der Waals surface area (Å²) in [4.78, 5) is 23.9. The Hall–Kier alpha value is -2.93. The van der Waals surface area contributed by atoms with Crippen LogP contribution in [0.1, 0.15) is 19.7 Å². The summed E-state index contributed by atoms with van der Waals surface area (Å²) in [6, 6.07) is 15.2. The minimum atomic E-state index is -0.301. The van der Waals surface area contributed by atoms with Crippen molar-refractivity contribution in [2.75, 3.05) is 5.32 Å². The van der Waals surface area contributed by atoms with E-state index in [1.54, 1.807) is 0 Å². The van der Waals surface area contributed by atoms with Crippen LogP contribution in [0.25, 0.3) is 21.3 Å². The van der Waals surface area contributed by atoms with Gasteiger partial charge >= 0.3 is 6.03 Å². The van der Waals surface area contributed by atoms with Crippen LogP contribution in [0.4, 0.5) is 9.93 Å². The van der Waals surface area contributed by atoms with Gasteiger partial charge in [0.15, 0.2) is 5.13 Å². The molecule has 0 unspecified atom stereocenters. The fourth-order valence-electron chi connectivity index (χ4n) is 2.32. The molecule has 25 heavy (non-hydrogen) atoms. The van der Waals surface area contributed by atoms with E-state index in [1.165, 1.54) is 11.3 Å². The van der Waals surface area contributed by atoms with Crippen LogP contribution in [-0.2, 0) is 6.54 Å². The van der Waals surface area contributed by atoms with Crippen molar-refractivity contribution in [1.82, 2.24) is 20.3 Å². The largest absolute Gasteiger partial charge is 0.340 e. The number of H-pyrrole nitrogens is 1. The third-order valence-electron chi connectivity index (χ3n) is 3.37. The number of fused-ring (bicyclic) bond motifs is 2. The molecule has 4 aromatic rings. The van der Waals surface area contributed by atoms with Crippen LogP contribution < -0.4 is 10.6 Å². The topological polar surface area (TPSA) is 82.7 Å². The maximum atomic E-state index is 12.0. The number of imidazole rings is 1. The smallest absolute Gasteiger partial charge is 0.321 e. The molecule has 0 bridgehead atoms. The van der Waals surface area contributed by atoms with E-state index >= 15 is 0 Å². The van der Waals surface area contributed by atoms with Gasteiger partial charge < -0.3 is 10.3 Å². The molecule has 0 aliphatic heterocycles. The number of thiazole rings is 1. The maximum Gasteiger partial charge on any atom is 0.321 e. The maximum absolute atomic E-state index is 12.0. The van der Waals surface area contributed by atoms with Crippen molar-refractivity contribution < 1.29 is 4.79 Å². The minimum absolute atomic E-state index is 0.301. The average Bonchev–Trinajstić information content (AvgIpc) is 3.24. The molecular formula is C18H19N5OS. The minimum Gasteiger partial charge on any atom is -0.340 e. The second kappa shape index (κ2) is 7.76. The molecule has 2 heterocycles. The molecule has 0 aliphatic carbocycles. The summed E-state index contributed by atoms with van der Waals surface area (Å²) in [5.41, 5.74) is 2.72. The zero-order chi connectivity index (χ0) is 17.6. The molecule has 0 aliphatic rings. The molecule has 2 aromatic heterocycles. The number of para-hydroxylation sites is 3. The fourth-order valence-corrected chi connectivity index (χ4v) is 3.18. The van der Waals surface area contributed by atoms with Crippen LogP contribution in [-0.4, -0.2) is 21.0 Å². The SMILES string of the molecule is CC.O=C(NCc1nc2ccccc2[nH]1)Nc1nc2ccccc2s1. The van der Waals surface area contributed by atoms with Gasteiger partial charge in [-0.3, -0.25) is 5.32 Å². The summed E-state index contributed by atoms with van der Waals surface area (Å²) < 4.78 is 1.04. The van der Waals surface area contributed by atoms with Crippen LogP contribution in [0, 0.1) is 0 Å². The Morgan fingerprint density at radius 2 is 1.76 bits per heavy atom. The van der Waals surface area contributed by atoms with Crippen LogP contribution in [0.15, 0.2) is 48.5 Å². The second-order valence-corrected chi connectivity index (χ2v) is 6.03. The molecule has 0 saturated carbocycles. The number of aromatic amines is 1. The predicted octanol–water partition coefficient (Wildman–Crippen LogP) is 4.52. The van der Waals surface area contributed by atoms with E-state index in [1.807, 2.05) is 62.4 Å². The number of hydrogen-bond donors (Lipinski definition) is 3. The summed E-state index contributed by atoms with van der Waals surface area (Å²) >= 11 is 1.44. The number of urea groups is 1. The van der Waals surface area contributed by atoms with Crippen molar-refractivity contribution in [3.8, 4) is 0 Å². The van der Waals surface area contributed by atoms with Crippen molar-refractivity contribution in [2.24, 2.45) is 0 Å². The molecule has 0 radical (unpaired) electrons. The summed E-state index contributed by atoms with van der Waals surface area (Å²) in [6.07, 6.45) is 0. The molecular weight excluding hydrogens is 334 g/mol. The van der Waals surface area contributed by atoms with Crippen LogP contribution >= 0.6 is 11.3 Å². The number of carbonyl (C=O) groups excluding carboxylic acids is 1. The molecule has 4 rings (SSSR count). The molecule has 0 saturated heterocycles. The van der Waals surface area contributed by atoms with Crippen molar-refractivity contribution >= 4 is 43.7 Å². The molecule has 0 atom stereocenters. The van der Waals surface area contributed by atoms with Gasteiger partial charge in [-0.25, -0.2) is 14.8 Å². The number of nitrogens with one attached hydrogen (secondary N) is 3. The van der Waals surface area contributed by atoms with Crippen LogP contribution in [0.3, 0.4) is 0 Å². The Balaban J connectivity index is 0.000000880. The quantitative estimate of drug-likeness (QED) is 0.506. The number of carbonyl (C=O) groups is 1. The monoisotopic (exact) mass is 353 g/mol. The van der Waals surface area contributed by atoms with E-state index in [4.69, 9.17) is 0 Å². The molecule has 0 fully saturated rings. The van der Waals surface area contributed by atoms with Crippen LogP contribution in [0.2, 0.25) is 0 Å². The van der Waals surface area contributed by atoms with Gasteiger partial charge in [-0.15, -0.1) is 0 Å². The number of nitrogens with zero attached hydrogens (tertiary/aromatic N) is 2. The Morgan fingerprint density at radius 1 is 1.04 bits per heavy atom. The lowest BCUT2D eigenvalue weighted by Crippen LogP contribution is -2.28.